The number of carbonyl (C=O) groups excluding carboxylic acids is 1. The summed E-state index contributed by atoms with van der Waals surface area (Å²) in [6, 6.07) is 7.90. The zero-order chi connectivity index (χ0) is 18.7. The van der Waals surface area contributed by atoms with Crippen LogP contribution < -0.4 is 5.43 Å². The second-order valence-electron chi connectivity index (χ2n) is 6.54. The summed E-state index contributed by atoms with van der Waals surface area (Å²) < 4.78 is 25.4. The highest BCUT2D eigenvalue weighted by molar-refractivity contribution is 7.89. The fourth-order valence-corrected chi connectivity index (χ4v) is 4.49. The lowest BCUT2D eigenvalue weighted by molar-refractivity contribution is -0.126. The minimum atomic E-state index is -3.26. The Labute approximate surface area is 153 Å². The lowest BCUT2D eigenvalue weighted by Gasteiger charge is -2.30. The third-order valence-electron chi connectivity index (χ3n) is 4.82. The minimum absolute atomic E-state index is 0.0549. The van der Waals surface area contributed by atoms with E-state index in [0.717, 1.165) is 22.2 Å². The number of fused-ring (bicyclic) bond motifs is 1. The highest BCUT2D eigenvalue weighted by Gasteiger charge is 2.31. The molecule has 1 aromatic carbocycles. The molecule has 26 heavy (non-hydrogen) atoms. The number of hydrogen-bond donors (Lipinski definition) is 2. The summed E-state index contributed by atoms with van der Waals surface area (Å²) in [6.45, 7) is 4.28. The van der Waals surface area contributed by atoms with Crippen molar-refractivity contribution in [3.63, 3.8) is 0 Å². The summed E-state index contributed by atoms with van der Waals surface area (Å²) in [6.07, 6.45) is 2.99. The summed E-state index contributed by atoms with van der Waals surface area (Å²) in [4.78, 5) is 15.7. The number of piperidine rings is 1. The highest BCUT2D eigenvalue weighted by Crippen LogP contribution is 2.21. The first-order valence-corrected chi connectivity index (χ1v) is 10.4. The third kappa shape index (κ3) is 3.81. The van der Waals surface area contributed by atoms with Crippen LogP contribution in [-0.2, 0) is 14.8 Å². The van der Waals surface area contributed by atoms with E-state index in [-0.39, 0.29) is 24.1 Å². The van der Waals surface area contributed by atoms with Crippen LogP contribution in [0.5, 0.6) is 0 Å². The molecule has 2 aromatic rings. The Kier molecular flexibility index (Phi) is 5.43. The van der Waals surface area contributed by atoms with Crippen LogP contribution in [0.1, 0.15) is 31.0 Å². The number of sulfonamides is 1. The SMILES string of the molecule is CCS(=O)(=O)N1CCCC(C(=O)N/N=C/c2c(C)[nH]c3ccccc23)C1. The average Bonchev–Trinajstić information content (AvgIpc) is 2.97. The number of rotatable bonds is 5. The van der Waals surface area contributed by atoms with Crippen LogP contribution in [0, 0.1) is 12.8 Å². The Balaban J connectivity index is 1.66. The van der Waals surface area contributed by atoms with E-state index in [1.807, 2.05) is 31.2 Å². The second-order valence-corrected chi connectivity index (χ2v) is 8.80. The Hall–Kier alpha value is -2.19. The summed E-state index contributed by atoms with van der Waals surface area (Å²) in [5, 5.41) is 5.14. The van der Waals surface area contributed by atoms with Crippen molar-refractivity contribution >= 4 is 33.0 Å². The molecule has 1 unspecified atom stereocenters. The molecular weight excluding hydrogens is 352 g/mol. The van der Waals surface area contributed by atoms with Gasteiger partial charge in [-0.1, -0.05) is 18.2 Å². The molecular formula is C18H24N4O3S. The van der Waals surface area contributed by atoms with Gasteiger partial charge >= 0.3 is 0 Å². The lowest BCUT2D eigenvalue weighted by Crippen LogP contribution is -2.45. The zero-order valence-electron chi connectivity index (χ0n) is 15.0. The maximum absolute atomic E-state index is 12.4. The first-order chi connectivity index (χ1) is 12.4. The van der Waals surface area contributed by atoms with Crippen molar-refractivity contribution in [1.29, 1.82) is 0 Å². The van der Waals surface area contributed by atoms with Crippen molar-refractivity contribution < 1.29 is 13.2 Å². The number of hydrogen-bond acceptors (Lipinski definition) is 4. The van der Waals surface area contributed by atoms with E-state index in [4.69, 9.17) is 0 Å². The Morgan fingerprint density at radius 2 is 2.19 bits per heavy atom. The molecule has 0 aliphatic carbocycles. The van der Waals surface area contributed by atoms with E-state index in [1.54, 1.807) is 13.1 Å². The van der Waals surface area contributed by atoms with Crippen LogP contribution >= 0.6 is 0 Å². The van der Waals surface area contributed by atoms with Gasteiger partial charge in [0.15, 0.2) is 0 Å². The number of hydrazone groups is 1. The Morgan fingerprint density at radius 3 is 2.96 bits per heavy atom. The van der Waals surface area contributed by atoms with E-state index in [1.165, 1.54) is 4.31 Å². The molecule has 2 N–H and O–H groups in total. The van der Waals surface area contributed by atoms with Gasteiger partial charge in [-0.15, -0.1) is 0 Å². The first-order valence-electron chi connectivity index (χ1n) is 8.80. The molecule has 0 bridgehead atoms. The van der Waals surface area contributed by atoms with E-state index >= 15 is 0 Å². The molecule has 7 nitrogen and oxygen atoms in total. The number of amides is 1. The van der Waals surface area contributed by atoms with Crippen molar-refractivity contribution in [2.45, 2.75) is 26.7 Å². The van der Waals surface area contributed by atoms with Crippen molar-refractivity contribution in [3.8, 4) is 0 Å². The topological polar surface area (TPSA) is 94.6 Å². The number of nitrogens with one attached hydrogen (secondary N) is 2. The zero-order valence-corrected chi connectivity index (χ0v) is 15.8. The van der Waals surface area contributed by atoms with Gasteiger partial charge in [-0.2, -0.15) is 5.10 Å². The quantitative estimate of drug-likeness (QED) is 0.617. The van der Waals surface area contributed by atoms with Crippen LogP contribution in [0.4, 0.5) is 0 Å². The molecule has 1 amide bonds. The maximum atomic E-state index is 12.4. The van der Waals surface area contributed by atoms with E-state index in [9.17, 15) is 13.2 Å². The fraction of sp³-hybridized carbons (Fsp3) is 0.444. The molecule has 1 fully saturated rings. The number of aromatic amines is 1. The van der Waals surface area contributed by atoms with Gasteiger partial charge in [-0.3, -0.25) is 4.79 Å². The van der Waals surface area contributed by atoms with Gasteiger partial charge in [0, 0.05) is 35.2 Å². The monoisotopic (exact) mass is 376 g/mol. The number of H-pyrrole nitrogens is 1. The van der Waals surface area contributed by atoms with Gasteiger partial charge < -0.3 is 4.98 Å². The molecule has 1 saturated heterocycles. The maximum Gasteiger partial charge on any atom is 0.244 e. The van der Waals surface area contributed by atoms with E-state index in [0.29, 0.717) is 19.4 Å². The summed E-state index contributed by atoms with van der Waals surface area (Å²) >= 11 is 0. The van der Waals surface area contributed by atoms with Gasteiger partial charge in [0.05, 0.1) is 17.9 Å². The van der Waals surface area contributed by atoms with Gasteiger partial charge in [0.2, 0.25) is 15.9 Å². The second kappa shape index (κ2) is 7.59. The molecule has 1 atom stereocenters. The number of nitrogens with zero attached hydrogens (tertiary/aromatic N) is 2. The first kappa shape index (κ1) is 18.6. The number of benzene rings is 1. The minimum Gasteiger partial charge on any atom is -0.358 e. The Morgan fingerprint density at radius 1 is 1.42 bits per heavy atom. The van der Waals surface area contributed by atoms with Crippen LogP contribution in [0.25, 0.3) is 10.9 Å². The van der Waals surface area contributed by atoms with Crippen LogP contribution in [0.2, 0.25) is 0 Å². The smallest absolute Gasteiger partial charge is 0.244 e. The fourth-order valence-electron chi connectivity index (χ4n) is 3.31. The molecule has 3 rings (SSSR count). The molecule has 1 aliphatic heterocycles. The van der Waals surface area contributed by atoms with Crippen molar-refractivity contribution in [2.24, 2.45) is 11.0 Å². The number of aryl methyl sites for hydroxylation is 1. The summed E-state index contributed by atoms with van der Waals surface area (Å²) in [5.41, 5.74) is 5.49. The summed E-state index contributed by atoms with van der Waals surface area (Å²) in [5.74, 6) is -0.555. The van der Waals surface area contributed by atoms with E-state index < -0.39 is 10.0 Å². The van der Waals surface area contributed by atoms with Crippen molar-refractivity contribution in [2.75, 3.05) is 18.8 Å². The number of carbonyl (C=O) groups is 1. The largest absolute Gasteiger partial charge is 0.358 e. The lowest BCUT2D eigenvalue weighted by atomic mass is 9.99. The van der Waals surface area contributed by atoms with Crippen LogP contribution in [0.15, 0.2) is 29.4 Å². The predicted octanol–water partition coefficient (Wildman–Crippen LogP) is 1.99. The molecule has 0 spiro atoms. The van der Waals surface area contributed by atoms with Gasteiger partial charge in [-0.05, 0) is 32.8 Å². The van der Waals surface area contributed by atoms with Gasteiger partial charge in [0.1, 0.15) is 0 Å². The van der Waals surface area contributed by atoms with E-state index in [2.05, 4.69) is 15.5 Å². The number of para-hydroxylation sites is 1. The predicted molar refractivity (Wildman–Crippen MR) is 103 cm³/mol. The highest BCUT2D eigenvalue weighted by atomic mass is 32.2. The van der Waals surface area contributed by atoms with Gasteiger partial charge in [-0.25, -0.2) is 18.1 Å². The third-order valence-corrected chi connectivity index (χ3v) is 6.67. The summed E-state index contributed by atoms with van der Waals surface area (Å²) in [7, 11) is -3.26. The molecule has 140 valence electrons. The normalized spacial score (nSPS) is 19.2. The van der Waals surface area contributed by atoms with Gasteiger partial charge in [0.25, 0.3) is 0 Å². The molecule has 8 heteroatoms. The molecule has 0 saturated carbocycles. The average molecular weight is 376 g/mol. The van der Waals surface area contributed by atoms with Crippen molar-refractivity contribution in [3.05, 3.63) is 35.5 Å². The molecule has 2 heterocycles. The molecule has 1 aliphatic rings. The number of aromatic nitrogens is 1. The van der Waals surface area contributed by atoms with Crippen LogP contribution in [0.3, 0.4) is 0 Å². The van der Waals surface area contributed by atoms with Crippen LogP contribution in [-0.4, -0.2) is 48.7 Å². The molecule has 0 radical (unpaired) electrons. The standard InChI is InChI=1S/C18H24N4O3S/c1-3-26(24,25)22-10-6-7-14(12-22)18(23)21-19-11-16-13(2)20-17-9-5-4-8-15(16)17/h4-5,8-9,11,14,20H,3,6-7,10,12H2,1-2H3,(H,21,23)/b19-11+. The molecule has 1 aromatic heterocycles. The van der Waals surface area contributed by atoms with Crippen molar-refractivity contribution in [1.82, 2.24) is 14.7 Å². The Bertz CT molecular complexity index is 933.